The summed E-state index contributed by atoms with van der Waals surface area (Å²) in [6.07, 6.45) is 1.71. The molecule has 1 aromatic heterocycles. The maximum absolute atomic E-state index is 13.4. The Morgan fingerprint density at radius 3 is 2.44 bits per heavy atom. The topological polar surface area (TPSA) is 104 Å². The first kappa shape index (κ1) is 23.5. The van der Waals surface area contributed by atoms with Crippen molar-refractivity contribution < 1.29 is 18.4 Å². The van der Waals surface area contributed by atoms with Crippen molar-refractivity contribution in [2.45, 2.75) is 31.2 Å². The number of alkyl halides is 2. The second kappa shape index (κ2) is 9.66. The van der Waals surface area contributed by atoms with Gasteiger partial charge in [0.2, 0.25) is 5.91 Å². The van der Waals surface area contributed by atoms with Gasteiger partial charge in [-0.3, -0.25) is 9.59 Å². The molecule has 8 nitrogen and oxygen atoms in total. The van der Waals surface area contributed by atoms with Crippen molar-refractivity contribution >= 4 is 34.8 Å². The van der Waals surface area contributed by atoms with Crippen LogP contribution in [0.3, 0.4) is 0 Å². The van der Waals surface area contributed by atoms with Crippen LogP contribution in [0.5, 0.6) is 0 Å². The summed E-state index contributed by atoms with van der Waals surface area (Å²) < 4.78 is 26.9. The molecule has 0 radical (unpaired) electrons. The van der Waals surface area contributed by atoms with E-state index in [0.717, 1.165) is 12.1 Å². The minimum Gasteiger partial charge on any atom is -0.371 e. The van der Waals surface area contributed by atoms with Crippen LogP contribution in [0, 0.1) is 0 Å². The van der Waals surface area contributed by atoms with Crippen LogP contribution in [0.2, 0.25) is 0 Å². The number of hydrogen-bond acceptors (Lipinski definition) is 6. The standard InChI is InChI=1S/C24H28F2N6O2/c1-2-21(33)28-17-9-12-32(15-17)20-8-7-19(22(27)34)23(30-20)29-16-3-5-18(6-4-16)31-13-10-24(25,26)11-14-31/h2-8,17H,1,9-15H2,(H2,27,34)(H,28,33)(H,29,30)/t17-/m0/s1. The van der Waals surface area contributed by atoms with Gasteiger partial charge in [-0.1, -0.05) is 6.58 Å². The molecule has 34 heavy (non-hydrogen) atoms. The van der Waals surface area contributed by atoms with Crippen molar-refractivity contribution in [1.82, 2.24) is 10.3 Å². The highest BCUT2D eigenvalue weighted by atomic mass is 19.3. The second-order valence-corrected chi connectivity index (χ2v) is 8.59. The SMILES string of the molecule is C=CC(=O)N[C@H]1CCN(c2ccc(C(N)=O)c(Nc3ccc(N4CCC(F)(F)CC4)cc3)n2)C1. The molecule has 180 valence electrons. The monoisotopic (exact) mass is 470 g/mol. The second-order valence-electron chi connectivity index (χ2n) is 8.59. The smallest absolute Gasteiger partial charge is 0.252 e. The third kappa shape index (κ3) is 5.44. The number of piperidine rings is 1. The molecular weight excluding hydrogens is 442 g/mol. The molecule has 0 bridgehead atoms. The summed E-state index contributed by atoms with van der Waals surface area (Å²) >= 11 is 0. The van der Waals surface area contributed by atoms with Crippen LogP contribution in [0.25, 0.3) is 0 Å². The Morgan fingerprint density at radius 1 is 1.09 bits per heavy atom. The van der Waals surface area contributed by atoms with Gasteiger partial charge in [-0.15, -0.1) is 0 Å². The van der Waals surface area contributed by atoms with Gasteiger partial charge in [0.1, 0.15) is 11.6 Å². The van der Waals surface area contributed by atoms with E-state index in [1.165, 1.54) is 6.08 Å². The summed E-state index contributed by atoms with van der Waals surface area (Å²) in [5.74, 6) is -2.42. The molecule has 1 aromatic carbocycles. The largest absolute Gasteiger partial charge is 0.371 e. The summed E-state index contributed by atoms with van der Waals surface area (Å²) in [5.41, 5.74) is 7.36. The highest BCUT2D eigenvalue weighted by molar-refractivity contribution is 5.98. The molecular formula is C24H28F2N6O2. The number of primary amides is 1. The van der Waals surface area contributed by atoms with Crippen LogP contribution in [-0.2, 0) is 4.79 Å². The van der Waals surface area contributed by atoms with E-state index >= 15 is 0 Å². The summed E-state index contributed by atoms with van der Waals surface area (Å²) in [5, 5.41) is 6.04. The van der Waals surface area contributed by atoms with Gasteiger partial charge in [-0.05, 0) is 48.9 Å². The zero-order valence-corrected chi connectivity index (χ0v) is 18.8. The van der Waals surface area contributed by atoms with Gasteiger partial charge in [-0.25, -0.2) is 13.8 Å². The summed E-state index contributed by atoms with van der Waals surface area (Å²) in [4.78, 5) is 32.1. The quantitative estimate of drug-likeness (QED) is 0.538. The summed E-state index contributed by atoms with van der Waals surface area (Å²) in [7, 11) is 0. The molecule has 0 spiro atoms. The normalized spacial score (nSPS) is 19.5. The van der Waals surface area contributed by atoms with Gasteiger partial charge < -0.3 is 26.2 Å². The van der Waals surface area contributed by atoms with Crippen LogP contribution in [0.4, 0.5) is 31.8 Å². The van der Waals surface area contributed by atoms with E-state index < -0.39 is 11.8 Å². The van der Waals surface area contributed by atoms with Gasteiger partial charge in [0.25, 0.3) is 11.8 Å². The molecule has 2 fully saturated rings. The Kier molecular flexibility index (Phi) is 6.67. The average molecular weight is 471 g/mol. The number of carbonyl (C=O) groups excluding carboxylic acids is 2. The third-order valence-electron chi connectivity index (χ3n) is 6.18. The van der Waals surface area contributed by atoms with Gasteiger partial charge >= 0.3 is 0 Å². The number of nitrogens with one attached hydrogen (secondary N) is 2. The van der Waals surface area contributed by atoms with Crippen LogP contribution < -0.4 is 26.2 Å². The molecule has 1 atom stereocenters. The number of rotatable bonds is 7. The summed E-state index contributed by atoms with van der Waals surface area (Å²) in [6, 6.07) is 10.7. The van der Waals surface area contributed by atoms with E-state index in [1.807, 2.05) is 34.1 Å². The Morgan fingerprint density at radius 2 is 1.79 bits per heavy atom. The number of anilines is 4. The number of nitrogens with two attached hydrogens (primary N) is 1. The molecule has 2 amide bonds. The van der Waals surface area contributed by atoms with E-state index in [0.29, 0.717) is 43.5 Å². The van der Waals surface area contributed by atoms with E-state index in [-0.39, 0.29) is 30.4 Å². The number of halogens is 2. The predicted molar refractivity (Wildman–Crippen MR) is 128 cm³/mol. The van der Waals surface area contributed by atoms with Gasteiger partial charge in [-0.2, -0.15) is 0 Å². The van der Waals surface area contributed by atoms with Crippen molar-refractivity contribution in [3.8, 4) is 0 Å². The highest BCUT2D eigenvalue weighted by Gasteiger charge is 2.34. The first-order chi connectivity index (χ1) is 16.2. The molecule has 2 aliphatic heterocycles. The number of hydrogen-bond donors (Lipinski definition) is 3. The van der Waals surface area contributed by atoms with Crippen molar-refractivity contribution in [2.75, 3.05) is 41.3 Å². The van der Waals surface area contributed by atoms with Crippen LogP contribution in [0.1, 0.15) is 29.6 Å². The minimum absolute atomic E-state index is 0.0122. The maximum Gasteiger partial charge on any atom is 0.252 e. The maximum atomic E-state index is 13.4. The lowest BCUT2D eigenvalue weighted by atomic mass is 10.1. The number of pyridine rings is 1. The number of aromatic nitrogens is 1. The Balaban J connectivity index is 1.47. The molecule has 0 saturated carbocycles. The van der Waals surface area contributed by atoms with Gasteiger partial charge in [0.05, 0.1) is 5.56 Å². The number of carbonyl (C=O) groups is 2. The average Bonchev–Trinajstić information content (AvgIpc) is 3.28. The first-order valence-corrected chi connectivity index (χ1v) is 11.2. The van der Waals surface area contributed by atoms with Gasteiger partial charge in [0.15, 0.2) is 0 Å². The fraction of sp³-hybridized carbons (Fsp3) is 0.375. The van der Waals surface area contributed by atoms with Crippen molar-refractivity contribution in [3.05, 3.63) is 54.6 Å². The highest BCUT2D eigenvalue weighted by Crippen LogP contribution is 2.31. The Hall–Kier alpha value is -3.69. The van der Waals surface area contributed by atoms with E-state index in [4.69, 9.17) is 5.73 Å². The molecule has 0 unspecified atom stereocenters. The fourth-order valence-electron chi connectivity index (χ4n) is 4.25. The zero-order chi connectivity index (χ0) is 24.3. The first-order valence-electron chi connectivity index (χ1n) is 11.2. The fourth-order valence-corrected chi connectivity index (χ4v) is 4.25. The van der Waals surface area contributed by atoms with Gasteiger partial charge in [0, 0.05) is 56.4 Å². The lowest BCUT2D eigenvalue weighted by Gasteiger charge is -2.33. The zero-order valence-electron chi connectivity index (χ0n) is 18.8. The van der Waals surface area contributed by atoms with E-state index in [2.05, 4.69) is 22.2 Å². The molecule has 3 heterocycles. The van der Waals surface area contributed by atoms with Crippen LogP contribution in [-0.4, -0.2) is 54.9 Å². The molecule has 0 aliphatic carbocycles. The predicted octanol–water partition coefficient (Wildman–Crippen LogP) is 3.04. The van der Waals surface area contributed by atoms with Crippen molar-refractivity contribution in [2.24, 2.45) is 5.73 Å². The number of benzene rings is 1. The van der Waals surface area contributed by atoms with Crippen molar-refractivity contribution in [3.63, 3.8) is 0 Å². The van der Waals surface area contributed by atoms with Crippen molar-refractivity contribution in [1.29, 1.82) is 0 Å². The van der Waals surface area contributed by atoms with E-state index in [9.17, 15) is 18.4 Å². The van der Waals surface area contributed by atoms with Crippen LogP contribution >= 0.6 is 0 Å². The Labute approximate surface area is 196 Å². The number of amides is 2. The lowest BCUT2D eigenvalue weighted by molar-refractivity contribution is -0.117. The van der Waals surface area contributed by atoms with Crippen LogP contribution in [0.15, 0.2) is 49.1 Å². The molecule has 2 aliphatic rings. The minimum atomic E-state index is -2.59. The molecule has 4 rings (SSSR count). The lowest BCUT2D eigenvalue weighted by Crippen LogP contribution is -2.39. The molecule has 2 saturated heterocycles. The molecule has 10 heteroatoms. The Bertz CT molecular complexity index is 1070. The number of nitrogens with zero attached hydrogens (tertiary/aromatic N) is 3. The molecule has 2 aromatic rings. The third-order valence-corrected chi connectivity index (χ3v) is 6.18. The molecule has 4 N–H and O–H groups in total. The van der Waals surface area contributed by atoms with E-state index in [1.54, 1.807) is 12.1 Å². The summed E-state index contributed by atoms with van der Waals surface area (Å²) in [6.45, 7) is 5.37.